The first-order valence-electron chi connectivity index (χ1n) is 8.27. The number of piperazine rings is 1. The SMILES string of the molecule is CC(=O)Nc1cccc(-c2nc(C(=O)N3CCN(C)CC3)c(C)s2)c1. The number of nitrogens with one attached hydrogen (secondary N) is 1. The van der Waals surface area contributed by atoms with Crippen LogP contribution in [0.15, 0.2) is 24.3 Å². The summed E-state index contributed by atoms with van der Waals surface area (Å²) in [5.41, 5.74) is 2.16. The average molecular weight is 358 g/mol. The summed E-state index contributed by atoms with van der Waals surface area (Å²) in [6.45, 7) is 6.66. The number of aromatic nitrogens is 1. The number of rotatable bonds is 3. The number of anilines is 1. The zero-order valence-electron chi connectivity index (χ0n) is 14.7. The Labute approximate surface area is 151 Å². The Balaban J connectivity index is 1.83. The third-order valence-electron chi connectivity index (χ3n) is 4.22. The van der Waals surface area contributed by atoms with Gasteiger partial charge in [-0.25, -0.2) is 4.98 Å². The number of carbonyl (C=O) groups excluding carboxylic acids is 2. The van der Waals surface area contributed by atoms with Crippen LogP contribution in [0.5, 0.6) is 0 Å². The number of hydrogen-bond donors (Lipinski definition) is 1. The fourth-order valence-corrected chi connectivity index (χ4v) is 3.71. The second-order valence-electron chi connectivity index (χ2n) is 6.28. The Kier molecular flexibility index (Phi) is 5.15. The number of thiazole rings is 1. The van der Waals surface area contributed by atoms with Gasteiger partial charge in [0.1, 0.15) is 10.7 Å². The molecule has 2 aromatic rings. The van der Waals surface area contributed by atoms with E-state index in [0.717, 1.165) is 47.3 Å². The molecule has 1 aromatic carbocycles. The summed E-state index contributed by atoms with van der Waals surface area (Å²) < 4.78 is 0. The lowest BCUT2D eigenvalue weighted by molar-refractivity contribution is -0.114. The molecule has 0 bridgehead atoms. The lowest BCUT2D eigenvalue weighted by Gasteiger charge is -2.32. The smallest absolute Gasteiger partial charge is 0.273 e. The van der Waals surface area contributed by atoms with Crippen LogP contribution >= 0.6 is 11.3 Å². The largest absolute Gasteiger partial charge is 0.335 e. The quantitative estimate of drug-likeness (QED) is 0.915. The van der Waals surface area contributed by atoms with Crippen LogP contribution in [0.3, 0.4) is 0 Å². The van der Waals surface area contributed by atoms with Gasteiger partial charge in [0, 0.05) is 49.2 Å². The van der Waals surface area contributed by atoms with Crippen molar-refractivity contribution in [3.63, 3.8) is 0 Å². The van der Waals surface area contributed by atoms with Gasteiger partial charge in [-0.3, -0.25) is 9.59 Å². The molecule has 0 atom stereocenters. The Morgan fingerprint density at radius 3 is 2.60 bits per heavy atom. The molecule has 1 aliphatic heterocycles. The predicted molar refractivity (Wildman–Crippen MR) is 100.0 cm³/mol. The molecule has 6 nitrogen and oxygen atoms in total. The van der Waals surface area contributed by atoms with Crippen molar-refractivity contribution in [3.8, 4) is 10.6 Å². The zero-order valence-corrected chi connectivity index (χ0v) is 15.5. The van der Waals surface area contributed by atoms with Gasteiger partial charge in [-0.05, 0) is 26.1 Å². The summed E-state index contributed by atoms with van der Waals surface area (Å²) in [6.07, 6.45) is 0. The van der Waals surface area contributed by atoms with Gasteiger partial charge in [-0.15, -0.1) is 11.3 Å². The van der Waals surface area contributed by atoms with E-state index in [1.54, 1.807) is 0 Å². The lowest BCUT2D eigenvalue weighted by atomic mass is 10.2. The molecular formula is C18H22N4O2S. The first kappa shape index (κ1) is 17.6. The first-order chi connectivity index (χ1) is 11.9. The van der Waals surface area contributed by atoms with Crippen molar-refractivity contribution in [3.05, 3.63) is 34.8 Å². The lowest BCUT2D eigenvalue weighted by Crippen LogP contribution is -2.47. The molecule has 1 saturated heterocycles. The van der Waals surface area contributed by atoms with Crippen molar-refractivity contribution in [2.75, 3.05) is 38.5 Å². The average Bonchev–Trinajstić information content (AvgIpc) is 2.96. The highest BCUT2D eigenvalue weighted by Gasteiger charge is 2.24. The highest BCUT2D eigenvalue weighted by atomic mass is 32.1. The van der Waals surface area contributed by atoms with Gasteiger partial charge in [0.15, 0.2) is 0 Å². The fourth-order valence-electron chi connectivity index (χ4n) is 2.81. The van der Waals surface area contributed by atoms with Crippen molar-refractivity contribution in [2.45, 2.75) is 13.8 Å². The number of nitrogens with zero attached hydrogens (tertiary/aromatic N) is 3. The van der Waals surface area contributed by atoms with E-state index in [0.29, 0.717) is 5.69 Å². The summed E-state index contributed by atoms with van der Waals surface area (Å²) in [4.78, 5) is 33.6. The molecule has 1 N–H and O–H groups in total. The maximum absolute atomic E-state index is 12.8. The van der Waals surface area contributed by atoms with Gasteiger partial charge >= 0.3 is 0 Å². The predicted octanol–water partition coefficient (Wildman–Crippen LogP) is 2.46. The number of hydrogen-bond acceptors (Lipinski definition) is 5. The molecule has 1 aromatic heterocycles. The van der Waals surface area contributed by atoms with Gasteiger partial charge in [0.25, 0.3) is 5.91 Å². The minimum atomic E-state index is -0.113. The summed E-state index contributed by atoms with van der Waals surface area (Å²) in [7, 11) is 2.07. The van der Waals surface area contributed by atoms with Crippen LogP contribution in [-0.4, -0.2) is 59.8 Å². The minimum Gasteiger partial charge on any atom is -0.335 e. The molecule has 3 rings (SSSR count). The highest BCUT2D eigenvalue weighted by molar-refractivity contribution is 7.15. The van der Waals surface area contributed by atoms with E-state index >= 15 is 0 Å². The topological polar surface area (TPSA) is 65.5 Å². The number of carbonyl (C=O) groups is 2. The van der Waals surface area contributed by atoms with E-state index in [4.69, 9.17) is 0 Å². The number of aryl methyl sites for hydroxylation is 1. The van der Waals surface area contributed by atoms with Crippen LogP contribution in [-0.2, 0) is 4.79 Å². The van der Waals surface area contributed by atoms with E-state index in [1.165, 1.54) is 18.3 Å². The summed E-state index contributed by atoms with van der Waals surface area (Å²) in [5.74, 6) is -0.107. The van der Waals surface area contributed by atoms with Crippen LogP contribution in [0.1, 0.15) is 22.3 Å². The molecule has 7 heteroatoms. The van der Waals surface area contributed by atoms with Crippen molar-refractivity contribution in [1.82, 2.24) is 14.8 Å². The minimum absolute atomic E-state index is 0.00566. The Bertz CT molecular complexity index is 794. The van der Waals surface area contributed by atoms with Gasteiger partial charge in [0.05, 0.1) is 0 Å². The number of benzene rings is 1. The second kappa shape index (κ2) is 7.33. The van der Waals surface area contributed by atoms with E-state index in [2.05, 4.69) is 22.2 Å². The van der Waals surface area contributed by atoms with Gasteiger partial charge in [-0.2, -0.15) is 0 Å². The third-order valence-corrected chi connectivity index (χ3v) is 5.24. The van der Waals surface area contributed by atoms with Gasteiger partial charge < -0.3 is 15.1 Å². The number of likely N-dealkylation sites (N-methyl/N-ethyl adjacent to an activating group) is 1. The van der Waals surface area contributed by atoms with Crippen LogP contribution in [0.25, 0.3) is 10.6 Å². The molecule has 0 saturated carbocycles. The molecule has 2 heterocycles. The molecule has 0 radical (unpaired) electrons. The zero-order chi connectivity index (χ0) is 18.0. The molecular weight excluding hydrogens is 336 g/mol. The summed E-state index contributed by atoms with van der Waals surface area (Å²) in [6, 6.07) is 7.53. The second-order valence-corrected chi connectivity index (χ2v) is 7.48. The van der Waals surface area contributed by atoms with E-state index in [1.807, 2.05) is 36.1 Å². The maximum Gasteiger partial charge on any atom is 0.273 e. The molecule has 132 valence electrons. The molecule has 1 aliphatic rings. The molecule has 0 spiro atoms. The number of amides is 2. The van der Waals surface area contributed by atoms with Crippen molar-refractivity contribution >= 4 is 28.8 Å². The summed E-state index contributed by atoms with van der Waals surface area (Å²) >= 11 is 1.51. The Morgan fingerprint density at radius 2 is 1.92 bits per heavy atom. The molecule has 0 unspecified atom stereocenters. The molecule has 25 heavy (non-hydrogen) atoms. The maximum atomic E-state index is 12.8. The monoisotopic (exact) mass is 358 g/mol. The molecule has 0 aliphatic carbocycles. The van der Waals surface area contributed by atoms with Crippen molar-refractivity contribution < 1.29 is 9.59 Å². The highest BCUT2D eigenvalue weighted by Crippen LogP contribution is 2.30. The van der Waals surface area contributed by atoms with Gasteiger partial charge in [0.2, 0.25) is 5.91 Å². The van der Waals surface area contributed by atoms with Crippen LogP contribution in [0.4, 0.5) is 5.69 Å². The Morgan fingerprint density at radius 1 is 1.20 bits per heavy atom. The van der Waals surface area contributed by atoms with E-state index in [9.17, 15) is 9.59 Å². The molecule has 2 amide bonds. The van der Waals surface area contributed by atoms with Crippen LogP contribution in [0.2, 0.25) is 0 Å². The van der Waals surface area contributed by atoms with Crippen molar-refractivity contribution in [1.29, 1.82) is 0 Å². The normalized spacial score (nSPS) is 15.2. The van der Waals surface area contributed by atoms with Gasteiger partial charge in [-0.1, -0.05) is 12.1 Å². The van der Waals surface area contributed by atoms with E-state index in [-0.39, 0.29) is 11.8 Å². The molecule has 1 fully saturated rings. The van der Waals surface area contributed by atoms with E-state index < -0.39 is 0 Å². The third kappa shape index (κ3) is 4.05. The van der Waals surface area contributed by atoms with Crippen LogP contribution < -0.4 is 5.32 Å². The first-order valence-corrected chi connectivity index (χ1v) is 9.09. The summed E-state index contributed by atoms with van der Waals surface area (Å²) in [5, 5.41) is 3.57. The van der Waals surface area contributed by atoms with Crippen LogP contribution in [0, 0.1) is 6.92 Å². The van der Waals surface area contributed by atoms with Crippen molar-refractivity contribution in [2.24, 2.45) is 0 Å². The fraction of sp³-hybridized carbons (Fsp3) is 0.389. The Hall–Kier alpha value is -2.25. The standard InChI is InChI=1S/C18H22N4O2S/c1-12-16(18(24)22-9-7-21(3)8-10-22)20-17(25-12)14-5-4-6-15(11-14)19-13(2)23/h4-6,11H,7-10H2,1-3H3,(H,19,23).